The summed E-state index contributed by atoms with van der Waals surface area (Å²) in [5.74, 6) is -0.994. The van der Waals surface area contributed by atoms with Crippen molar-refractivity contribution < 1.29 is 28.6 Å². The van der Waals surface area contributed by atoms with E-state index in [9.17, 15) is 14.4 Å². The van der Waals surface area contributed by atoms with Gasteiger partial charge in [-0.3, -0.25) is 14.4 Å². The van der Waals surface area contributed by atoms with Gasteiger partial charge in [0.25, 0.3) is 0 Å². The van der Waals surface area contributed by atoms with Crippen LogP contribution in [0.15, 0.2) is 170 Å². The highest BCUT2D eigenvalue weighted by atomic mass is 16.6. The Kier molecular flexibility index (Phi) is 62.9. The molecule has 0 bridgehead atoms. The highest BCUT2D eigenvalue weighted by Crippen LogP contribution is 2.15. The molecule has 1 atom stereocenters. The first kappa shape index (κ1) is 75.8. The van der Waals surface area contributed by atoms with E-state index in [4.69, 9.17) is 14.2 Å². The van der Waals surface area contributed by atoms with Crippen LogP contribution in [0.2, 0.25) is 0 Å². The molecule has 6 nitrogen and oxygen atoms in total. The molecule has 81 heavy (non-hydrogen) atoms. The molecule has 454 valence electrons. The van der Waals surface area contributed by atoms with E-state index >= 15 is 0 Å². The summed E-state index contributed by atoms with van der Waals surface area (Å²) in [6, 6.07) is 0. The van der Waals surface area contributed by atoms with E-state index in [1.165, 1.54) is 64.2 Å². The van der Waals surface area contributed by atoms with Gasteiger partial charge >= 0.3 is 17.9 Å². The molecule has 0 saturated carbocycles. The second kappa shape index (κ2) is 67.3. The van der Waals surface area contributed by atoms with Gasteiger partial charge in [-0.05, 0) is 141 Å². The van der Waals surface area contributed by atoms with Crippen molar-refractivity contribution in [2.24, 2.45) is 0 Å². The Morgan fingerprint density at radius 2 is 0.494 bits per heavy atom. The van der Waals surface area contributed by atoms with Crippen LogP contribution in [0.1, 0.15) is 265 Å². The van der Waals surface area contributed by atoms with Crippen molar-refractivity contribution in [1.82, 2.24) is 0 Å². The molecular weight excluding hydrogens is 997 g/mol. The molecule has 0 aliphatic carbocycles. The van der Waals surface area contributed by atoms with E-state index in [0.29, 0.717) is 19.3 Å². The van der Waals surface area contributed by atoms with E-state index in [2.05, 4.69) is 191 Å². The Hall–Kier alpha value is -5.23. The zero-order valence-electron chi connectivity index (χ0n) is 52.0. The zero-order chi connectivity index (χ0) is 58.5. The lowest BCUT2D eigenvalue weighted by molar-refractivity contribution is -0.167. The predicted octanol–water partition coefficient (Wildman–Crippen LogP) is 22.7. The molecule has 0 radical (unpaired) electrons. The van der Waals surface area contributed by atoms with Gasteiger partial charge in [0.2, 0.25) is 0 Å². The normalized spacial score (nSPS) is 13.3. The number of carbonyl (C=O) groups is 3. The van der Waals surface area contributed by atoms with Crippen molar-refractivity contribution in [3.63, 3.8) is 0 Å². The minimum Gasteiger partial charge on any atom is -0.462 e. The fourth-order valence-corrected chi connectivity index (χ4v) is 8.38. The lowest BCUT2D eigenvalue weighted by atomic mass is 10.0. The average Bonchev–Trinajstić information content (AvgIpc) is 3.46. The number of allylic oxidation sites excluding steroid dienone is 28. The summed E-state index contributed by atoms with van der Waals surface area (Å²) in [4.78, 5) is 38.3. The van der Waals surface area contributed by atoms with Gasteiger partial charge < -0.3 is 14.2 Å². The van der Waals surface area contributed by atoms with E-state index < -0.39 is 6.10 Å². The van der Waals surface area contributed by atoms with Crippen LogP contribution in [0, 0.1) is 0 Å². The maximum absolute atomic E-state index is 12.9. The number of ether oxygens (including phenoxy) is 3. The van der Waals surface area contributed by atoms with Crippen LogP contribution in [0.3, 0.4) is 0 Å². The molecule has 0 fully saturated rings. The fourth-order valence-electron chi connectivity index (χ4n) is 8.38. The fraction of sp³-hybridized carbons (Fsp3) is 0.587. The molecule has 0 aromatic heterocycles. The quantitative estimate of drug-likeness (QED) is 0.0261. The van der Waals surface area contributed by atoms with Gasteiger partial charge in [0.05, 0.1) is 0 Å². The third-order valence-corrected chi connectivity index (χ3v) is 13.2. The molecule has 0 saturated heterocycles. The molecule has 0 heterocycles. The number of rotatable bonds is 57. The van der Waals surface area contributed by atoms with E-state index in [1.54, 1.807) is 0 Å². The van der Waals surface area contributed by atoms with Gasteiger partial charge in [0, 0.05) is 19.3 Å². The first-order valence-electron chi connectivity index (χ1n) is 32.6. The molecule has 0 spiro atoms. The Labute approximate surface area is 498 Å². The van der Waals surface area contributed by atoms with Crippen molar-refractivity contribution in [3.05, 3.63) is 170 Å². The first-order valence-corrected chi connectivity index (χ1v) is 32.6. The summed E-state index contributed by atoms with van der Waals surface area (Å²) < 4.78 is 16.8. The van der Waals surface area contributed by atoms with Gasteiger partial charge in [-0.1, -0.05) is 274 Å². The number of esters is 3. The molecule has 6 heteroatoms. The highest BCUT2D eigenvalue weighted by Gasteiger charge is 2.19. The lowest BCUT2D eigenvalue weighted by Gasteiger charge is -2.18. The van der Waals surface area contributed by atoms with Crippen LogP contribution in [0.4, 0.5) is 0 Å². The van der Waals surface area contributed by atoms with Crippen molar-refractivity contribution in [1.29, 1.82) is 0 Å². The van der Waals surface area contributed by atoms with Crippen LogP contribution >= 0.6 is 0 Å². The minimum atomic E-state index is -0.823. The third kappa shape index (κ3) is 65.5. The molecule has 0 N–H and O–H groups in total. The molecule has 0 aliphatic rings. The largest absolute Gasteiger partial charge is 0.462 e. The van der Waals surface area contributed by atoms with Crippen molar-refractivity contribution in [2.45, 2.75) is 271 Å². The van der Waals surface area contributed by atoms with Crippen LogP contribution in [0.25, 0.3) is 0 Å². The molecule has 0 rings (SSSR count). The second-order valence-electron chi connectivity index (χ2n) is 20.9. The topological polar surface area (TPSA) is 78.9 Å². The van der Waals surface area contributed by atoms with Gasteiger partial charge in [-0.2, -0.15) is 0 Å². The standard InChI is InChI=1S/C75H118O6/c1-4-7-10-13-16-19-22-25-27-29-30-31-32-33-34-35-36-37-38-39-40-41-42-43-44-46-47-50-53-56-59-62-65-68-74(77)80-71-72(70-79-73(76)67-64-61-58-55-52-49-24-21-18-15-12-9-6-3)81-75(78)69-66-63-60-57-54-51-48-45-28-26-23-20-17-14-11-8-5-2/h7-8,10-12,15-17,19-21,24-28,30-31,33-34,36-37,39-40,48,51,57,60,72H,4-6,9,13-14,18,22-23,29,32,35,38,41-47,49-50,52-56,58-59,61-71H2,1-3H3/b10-7-,11-8-,15-12-,19-16-,20-17-,24-21-,27-25-,28-26-,31-30-,34-33-,37-36-,40-39-,51-48-,60-57-. The van der Waals surface area contributed by atoms with Crippen LogP contribution in [-0.4, -0.2) is 37.2 Å². The maximum Gasteiger partial charge on any atom is 0.306 e. The molecule has 1 unspecified atom stereocenters. The van der Waals surface area contributed by atoms with Gasteiger partial charge in [0.1, 0.15) is 13.2 Å². The van der Waals surface area contributed by atoms with Crippen molar-refractivity contribution >= 4 is 17.9 Å². The predicted molar refractivity (Wildman–Crippen MR) is 352 cm³/mol. The summed E-state index contributed by atoms with van der Waals surface area (Å²) in [7, 11) is 0. The van der Waals surface area contributed by atoms with Crippen LogP contribution < -0.4 is 0 Å². The zero-order valence-corrected chi connectivity index (χ0v) is 52.0. The highest BCUT2D eigenvalue weighted by molar-refractivity contribution is 5.71. The molecule has 0 amide bonds. The van der Waals surface area contributed by atoms with Gasteiger partial charge in [0.15, 0.2) is 6.10 Å². The Bertz CT molecular complexity index is 1860. The lowest BCUT2D eigenvalue weighted by Crippen LogP contribution is -2.30. The van der Waals surface area contributed by atoms with E-state index in [1.807, 2.05) is 0 Å². The van der Waals surface area contributed by atoms with Crippen molar-refractivity contribution in [2.75, 3.05) is 13.2 Å². The first-order chi connectivity index (χ1) is 40.0. The van der Waals surface area contributed by atoms with Gasteiger partial charge in [-0.15, -0.1) is 0 Å². The number of hydrogen-bond donors (Lipinski definition) is 0. The van der Waals surface area contributed by atoms with E-state index in [-0.39, 0.29) is 37.5 Å². The number of hydrogen-bond acceptors (Lipinski definition) is 6. The minimum absolute atomic E-state index is 0.113. The Balaban J connectivity index is 4.33. The number of unbranched alkanes of at least 4 members (excludes halogenated alkanes) is 18. The van der Waals surface area contributed by atoms with Crippen LogP contribution in [-0.2, 0) is 28.6 Å². The smallest absolute Gasteiger partial charge is 0.306 e. The second-order valence-corrected chi connectivity index (χ2v) is 20.9. The monoisotopic (exact) mass is 1110 g/mol. The molecule has 0 aromatic carbocycles. The molecule has 0 aromatic rings. The van der Waals surface area contributed by atoms with Gasteiger partial charge in [-0.25, -0.2) is 0 Å². The number of carbonyl (C=O) groups excluding carboxylic acids is 3. The third-order valence-electron chi connectivity index (χ3n) is 13.2. The maximum atomic E-state index is 12.9. The summed E-state index contributed by atoms with van der Waals surface area (Å²) >= 11 is 0. The summed E-state index contributed by atoms with van der Waals surface area (Å²) in [5, 5.41) is 0. The Morgan fingerprint density at radius 3 is 0.790 bits per heavy atom. The SMILES string of the molecule is CC/C=C\C/C=C\C/C=C\C/C=C\C/C=C\C/C=C\C/C=C\CCCCCCCCCCCCCC(=O)OCC(COC(=O)CCCCCCC/C=C\C/C=C\CCC)OC(=O)CCC/C=C\C/C=C\C/C=C\C/C=C\C/C=C\CC. The summed E-state index contributed by atoms with van der Waals surface area (Å²) in [6.45, 7) is 6.28. The summed E-state index contributed by atoms with van der Waals surface area (Å²) in [5.41, 5.74) is 0. The van der Waals surface area contributed by atoms with Crippen LogP contribution in [0.5, 0.6) is 0 Å². The summed E-state index contributed by atoms with van der Waals surface area (Å²) in [6.07, 6.45) is 99.5. The van der Waals surface area contributed by atoms with E-state index in [0.717, 1.165) is 154 Å². The average molecular weight is 1120 g/mol. The van der Waals surface area contributed by atoms with Crippen molar-refractivity contribution in [3.8, 4) is 0 Å². The molecule has 0 aliphatic heterocycles. The Morgan fingerprint density at radius 1 is 0.259 bits per heavy atom. The molecular formula is C75H118O6.